The highest BCUT2D eigenvalue weighted by atomic mass is 16.5. The first-order chi connectivity index (χ1) is 14.0. The summed E-state index contributed by atoms with van der Waals surface area (Å²) < 4.78 is 5.42. The molecule has 1 aromatic carbocycles. The number of benzene rings is 1. The molecule has 2 heterocycles. The van der Waals surface area contributed by atoms with Crippen LogP contribution in [0.2, 0.25) is 0 Å². The number of carbonyl (C=O) groups is 1. The summed E-state index contributed by atoms with van der Waals surface area (Å²) in [5.74, 6) is 0.806. The largest absolute Gasteiger partial charge is 0.389 e. The lowest BCUT2D eigenvalue weighted by atomic mass is 9.86. The fourth-order valence-electron chi connectivity index (χ4n) is 4.57. The van der Waals surface area contributed by atoms with E-state index in [1.165, 1.54) is 11.1 Å². The monoisotopic (exact) mass is 400 g/mol. The molecule has 2 fully saturated rings. The van der Waals surface area contributed by atoms with Crippen molar-refractivity contribution in [3.63, 3.8) is 0 Å². The summed E-state index contributed by atoms with van der Waals surface area (Å²) in [5, 5.41) is 13.9. The Morgan fingerprint density at radius 3 is 2.83 bits per heavy atom. The van der Waals surface area contributed by atoms with Crippen LogP contribution in [0.15, 0.2) is 12.1 Å². The van der Waals surface area contributed by atoms with Crippen molar-refractivity contribution in [3.8, 4) is 0 Å². The molecule has 2 aliphatic rings. The second-order valence-electron chi connectivity index (χ2n) is 8.45. The highest BCUT2D eigenvalue weighted by Crippen LogP contribution is 2.25. The number of rotatable bonds is 5. The van der Waals surface area contributed by atoms with Gasteiger partial charge in [-0.25, -0.2) is 4.98 Å². The normalized spacial score (nSPS) is 26.0. The van der Waals surface area contributed by atoms with Crippen LogP contribution in [0.4, 0.5) is 0 Å². The van der Waals surface area contributed by atoms with Crippen LogP contribution in [0.25, 0.3) is 11.0 Å². The number of nitrogens with one attached hydrogen (secondary N) is 2. The minimum absolute atomic E-state index is 0.0236. The molecule has 7 heteroatoms. The standard InChI is InChI=1S/C22H32N4O3/c1-14-12-17-18(13-15(14)2)24-20(23-17)6-7-21(27)25-16-4-3-5-19(22(16)28)26-8-10-29-11-9-26/h12-13,16,19,22,28H,3-11H2,1-2H3,(H,23,24)(H,25,27)/t16-,19-,22-/m1/s1. The van der Waals surface area contributed by atoms with Crippen molar-refractivity contribution in [1.82, 2.24) is 20.2 Å². The van der Waals surface area contributed by atoms with Crippen LogP contribution >= 0.6 is 0 Å². The van der Waals surface area contributed by atoms with E-state index < -0.39 is 6.10 Å². The summed E-state index contributed by atoms with van der Waals surface area (Å²) >= 11 is 0. The third-order valence-corrected chi connectivity index (χ3v) is 6.42. The fourth-order valence-corrected chi connectivity index (χ4v) is 4.57. The summed E-state index contributed by atoms with van der Waals surface area (Å²) in [6, 6.07) is 4.12. The lowest BCUT2D eigenvalue weighted by Gasteiger charge is -2.43. The minimum atomic E-state index is -0.525. The Hall–Kier alpha value is -1.96. The predicted molar refractivity (Wildman–Crippen MR) is 112 cm³/mol. The number of amides is 1. The van der Waals surface area contributed by atoms with Gasteiger partial charge in [-0.3, -0.25) is 9.69 Å². The summed E-state index contributed by atoms with van der Waals surface area (Å²) in [6.45, 7) is 7.31. The summed E-state index contributed by atoms with van der Waals surface area (Å²) in [5.41, 5.74) is 4.40. The van der Waals surface area contributed by atoms with Gasteiger partial charge in [0.15, 0.2) is 0 Å². The molecule has 29 heavy (non-hydrogen) atoms. The van der Waals surface area contributed by atoms with Crippen molar-refractivity contribution in [2.45, 2.75) is 64.1 Å². The van der Waals surface area contributed by atoms with Crippen molar-refractivity contribution in [2.75, 3.05) is 26.3 Å². The average Bonchev–Trinajstić information content (AvgIpc) is 3.10. The van der Waals surface area contributed by atoms with Crippen LogP contribution in [0.3, 0.4) is 0 Å². The number of aryl methyl sites for hydroxylation is 3. The molecule has 0 spiro atoms. The topological polar surface area (TPSA) is 90.5 Å². The van der Waals surface area contributed by atoms with E-state index in [4.69, 9.17) is 4.74 Å². The van der Waals surface area contributed by atoms with Gasteiger partial charge >= 0.3 is 0 Å². The van der Waals surface area contributed by atoms with E-state index in [9.17, 15) is 9.90 Å². The van der Waals surface area contributed by atoms with E-state index in [2.05, 4.69) is 46.2 Å². The first-order valence-electron chi connectivity index (χ1n) is 10.8. The van der Waals surface area contributed by atoms with E-state index in [1.54, 1.807) is 0 Å². The molecule has 1 aromatic heterocycles. The van der Waals surface area contributed by atoms with Crippen LogP contribution in [0.1, 0.15) is 42.6 Å². The predicted octanol–water partition coefficient (Wildman–Crippen LogP) is 1.84. The molecule has 2 aromatic rings. The molecule has 1 amide bonds. The van der Waals surface area contributed by atoms with Crippen LogP contribution in [0, 0.1) is 13.8 Å². The third kappa shape index (κ3) is 4.63. The number of fused-ring (bicyclic) bond motifs is 1. The van der Waals surface area contributed by atoms with Gasteiger partial charge in [-0.15, -0.1) is 0 Å². The van der Waals surface area contributed by atoms with Gasteiger partial charge in [0.05, 0.1) is 36.4 Å². The van der Waals surface area contributed by atoms with Crippen molar-refractivity contribution in [1.29, 1.82) is 0 Å². The van der Waals surface area contributed by atoms with Gasteiger partial charge in [0.1, 0.15) is 5.82 Å². The van der Waals surface area contributed by atoms with Gasteiger partial charge in [0.2, 0.25) is 5.91 Å². The number of morpholine rings is 1. The molecule has 4 rings (SSSR count). The highest BCUT2D eigenvalue weighted by molar-refractivity contribution is 5.78. The lowest BCUT2D eigenvalue weighted by molar-refractivity contribution is -0.124. The average molecular weight is 401 g/mol. The molecule has 3 N–H and O–H groups in total. The Morgan fingerprint density at radius 1 is 1.28 bits per heavy atom. The molecule has 3 atom stereocenters. The zero-order chi connectivity index (χ0) is 20.4. The Labute approximate surface area is 171 Å². The number of hydrogen-bond acceptors (Lipinski definition) is 5. The number of hydrogen-bond donors (Lipinski definition) is 3. The summed E-state index contributed by atoms with van der Waals surface area (Å²) in [7, 11) is 0. The SMILES string of the molecule is Cc1cc2nc(CCC(=O)N[C@@H]3CCC[C@@H](N4CCOCC4)[C@@H]3O)[nH]c2cc1C. The number of nitrogens with zero attached hydrogens (tertiary/aromatic N) is 2. The quantitative estimate of drug-likeness (QED) is 0.713. The summed E-state index contributed by atoms with van der Waals surface area (Å²) in [6.07, 6.45) is 3.23. The highest BCUT2D eigenvalue weighted by Gasteiger charge is 2.36. The number of H-pyrrole nitrogens is 1. The van der Waals surface area contributed by atoms with Gasteiger partial charge in [0, 0.05) is 32.0 Å². The second kappa shape index (κ2) is 8.81. The second-order valence-corrected chi connectivity index (χ2v) is 8.45. The first-order valence-corrected chi connectivity index (χ1v) is 10.8. The third-order valence-electron chi connectivity index (χ3n) is 6.42. The molecular weight excluding hydrogens is 368 g/mol. The smallest absolute Gasteiger partial charge is 0.220 e. The van der Waals surface area contributed by atoms with E-state index in [0.717, 1.165) is 62.4 Å². The molecule has 0 bridgehead atoms. The maximum Gasteiger partial charge on any atom is 0.220 e. The molecule has 0 radical (unpaired) electrons. The van der Waals surface area contributed by atoms with Gasteiger partial charge in [-0.2, -0.15) is 0 Å². The molecule has 0 unspecified atom stereocenters. The molecule has 158 valence electrons. The zero-order valence-corrected chi connectivity index (χ0v) is 17.4. The van der Waals surface area contributed by atoms with Crippen LogP contribution in [-0.4, -0.2) is 70.4 Å². The fraction of sp³-hybridized carbons (Fsp3) is 0.636. The van der Waals surface area contributed by atoms with Crippen molar-refractivity contribution in [2.24, 2.45) is 0 Å². The summed E-state index contributed by atoms with van der Waals surface area (Å²) in [4.78, 5) is 22.8. The van der Waals surface area contributed by atoms with Crippen molar-refractivity contribution >= 4 is 16.9 Å². The van der Waals surface area contributed by atoms with E-state index in [-0.39, 0.29) is 18.0 Å². The Kier molecular flexibility index (Phi) is 6.18. The number of aromatic amines is 1. The number of ether oxygens (including phenoxy) is 1. The molecule has 1 saturated carbocycles. The molecule has 1 aliphatic heterocycles. The Morgan fingerprint density at radius 2 is 2.03 bits per heavy atom. The van der Waals surface area contributed by atoms with Crippen LogP contribution in [-0.2, 0) is 16.0 Å². The van der Waals surface area contributed by atoms with Gasteiger partial charge in [0.25, 0.3) is 0 Å². The maximum atomic E-state index is 12.5. The maximum absolute atomic E-state index is 12.5. The van der Waals surface area contributed by atoms with Gasteiger partial charge in [-0.1, -0.05) is 0 Å². The van der Waals surface area contributed by atoms with Crippen molar-refractivity contribution in [3.05, 3.63) is 29.1 Å². The molecule has 1 aliphatic carbocycles. The zero-order valence-electron chi connectivity index (χ0n) is 17.4. The van der Waals surface area contributed by atoms with E-state index >= 15 is 0 Å². The van der Waals surface area contributed by atoms with Crippen LogP contribution < -0.4 is 5.32 Å². The Bertz CT molecular complexity index is 820. The van der Waals surface area contributed by atoms with Gasteiger partial charge in [-0.05, 0) is 56.4 Å². The number of carbonyl (C=O) groups excluding carboxylic acids is 1. The molecular formula is C22H32N4O3. The van der Waals surface area contributed by atoms with E-state index in [1.807, 2.05) is 0 Å². The molecule has 1 saturated heterocycles. The number of aromatic nitrogens is 2. The first kappa shape index (κ1) is 20.3. The Balaban J connectivity index is 1.32. The van der Waals surface area contributed by atoms with Crippen molar-refractivity contribution < 1.29 is 14.6 Å². The molecule has 7 nitrogen and oxygen atoms in total. The number of aliphatic hydroxyl groups is 1. The number of imidazole rings is 1. The van der Waals surface area contributed by atoms with Crippen LogP contribution in [0.5, 0.6) is 0 Å². The van der Waals surface area contributed by atoms with Gasteiger partial charge < -0.3 is 20.1 Å². The lowest BCUT2D eigenvalue weighted by Crippen LogP contribution is -2.58. The number of aliphatic hydroxyl groups excluding tert-OH is 1. The minimum Gasteiger partial charge on any atom is -0.389 e. The van der Waals surface area contributed by atoms with E-state index in [0.29, 0.717) is 12.8 Å².